The van der Waals surface area contributed by atoms with E-state index in [-0.39, 0.29) is 11.5 Å². The molecular weight excluding hydrogens is 232 g/mol. The fourth-order valence-electron chi connectivity index (χ4n) is 1.97. The second-order valence-corrected chi connectivity index (χ2v) is 4.80. The molecule has 0 aromatic heterocycles. The Morgan fingerprint density at radius 3 is 2.56 bits per heavy atom. The summed E-state index contributed by atoms with van der Waals surface area (Å²) in [5, 5.41) is 11.7. The Balaban J connectivity index is 2.17. The predicted octanol–water partition coefficient (Wildman–Crippen LogP) is 1.51. The summed E-state index contributed by atoms with van der Waals surface area (Å²) < 4.78 is 0. The fraction of sp³-hybridized carbons (Fsp3) is 0.385. The number of hydrogen-bond donors (Lipinski definition) is 3. The van der Waals surface area contributed by atoms with Gasteiger partial charge in [0.1, 0.15) is 0 Å². The fourth-order valence-corrected chi connectivity index (χ4v) is 1.97. The number of hydrogen-bond acceptors (Lipinski definition) is 3. The molecule has 1 aromatic carbocycles. The minimum absolute atomic E-state index is 0.187. The van der Waals surface area contributed by atoms with Gasteiger partial charge in [0.2, 0.25) is 5.91 Å². The standard InChI is InChI=1S/C13H16N2O3/c1-8-3-4-9(7-10(8)11(16)17)15-12(18)13(14)5-2-6-13/h3-4,7H,2,5-6,14H2,1H3,(H,15,18)(H,16,17). The van der Waals surface area contributed by atoms with Crippen LogP contribution in [-0.2, 0) is 4.79 Å². The van der Waals surface area contributed by atoms with Crippen LogP contribution in [0.4, 0.5) is 5.69 Å². The Bertz CT molecular complexity index is 507. The summed E-state index contributed by atoms with van der Waals surface area (Å²) in [6.45, 7) is 1.71. The van der Waals surface area contributed by atoms with E-state index in [0.29, 0.717) is 24.1 Å². The van der Waals surface area contributed by atoms with Gasteiger partial charge >= 0.3 is 5.97 Å². The largest absolute Gasteiger partial charge is 0.478 e. The summed E-state index contributed by atoms with van der Waals surface area (Å²) in [7, 11) is 0. The van der Waals surface area contributed by atoms with E-state index < -0.39 is 11.5 Å². The molecule has 0 spiro atoms. The van der Waals surface area contributed by atoms with Gasteiger partial charge in [0.25, 0.3) is 0 Å². The van der Waals surface area contributed by atoms with Crippen molar-refractivity contribution in [2.24, 2.45) is 5.73 Å². The zero-order valence-electron chi connectivity index (χ0n) is 10.2. The van der Waals surface area contributed by atoms with Gasteiger partial charge in [-0.1, -0.05) is 6.07 Å². The van der Waals surface area contributed by atoms with Gasteiger partial charge in [0.05, 0.1) is 11.1 Å². The van der Waals surface area contributed by atoms with Gasteiger partial charge in [0, 0.05) is 5.69 Å². The van der Waals surface area contributed by atoms with Crippen molar-refractivity contribution in [2.75, 3.05) is 5.32 Å². The summed E-state index contributed by atoms with van der Waals surface area (Å²) in [5.41, 5.74) is 6.43. The van der Waals surface area contributed by atoms with Gasteiger partial charge in [-0.05, 0) is 43.9 Å². The number of aromatic carboxylic acids is 1. The first-order valence-corrected chi connectivity index (χ1v) is 5.87. The minimum Gasteiger partial charge on any atom is -0.478 e. The quantitative estimate of drug-likeness (QED) is 0.756. The number of amides is 1. The highest BCUT2D eigenvalue weighted by Gasteiger charge is 2.40. The van der Waals surface area contributed by atoms with Crippen molar-refractivity contribution in [3.63, 3.8) is 0 Å². The molecule has 4 N–H and O–H groups in total. The lowest BCUT2D eigenvalue weighted by molar-refractivity contribution is -0.123. The lowest BCUT2D eigenvalue weighted by Gasteiger charge is -2.36. The zero-order valence-corrected chi connectivity index (χ0v) is 10.2. The topological polar surface area (TPSA) is 92.4 Å². The second-order valence-electron chi connectivity index (χ2n) is 4.80. The number of aryl methyl sites for hydroxylation is 1. The van der Waals surface area contributed by atoms with Crippen molar-refractivity contribution in [1.29, 1.82) is 0 Å². The molecule has 0 unspecified atom stereocenters. The van der Waals surface area contributed by atoms with Crippen molar-refractivity contribution in [2.45, 2.75) is 31.7 Å². The van der Waals surface area contributed by atoms with Gasteiger partial charge in [-0.2, -0.15) is 0 Å². The molecule has 1 amide bonds. The van der Waals surface area contributed by atoms with Crippen molar-refractivity contribution in [3.8, 4) is 0 Å². The third kappa shape index (κ3) is 2.22. The molecule has 0 radical (unpaired) electrons. The Kier molecular flexibility index (Phi) is 3.09. The molecule has 1 fully saturated rings. The molecule has 18 heavy (non-hydrogen) atoms. The van der Waals surface area contributed by atoms with Gasteiger partial charge in [-0.25, -0.2) is 4.79 Å². The number of carboxylic acid groups (broad SMARTS) is 1. The number of nitrogens with one attached hydrogen (secondary N) is 1. The number of rotatable bonds is 3. The number of carboxylic acids is 1. The van der Waals surface area contributed by atoms with Gasteiger partial charge in [-0.3, -0.25) is 4.79 Å². The summed E-state index contributed by atoms with van der Waals surface area (Å²) in [6.07, 6.45) is 2.31. The van der Waals surface area contributed by atoms with E-state index in [1.807, 2.05) is 0 Å². The van der Waals surface area contributed by atoms with Crippen LogP contribution < -0.4 is 11.1 Å². The monoisotopic (exact) mass is 248 g/mol. The van der Waals surface area contributed by atoms with Crippen molar-refractivity contribution < 1.29 is 14.7 Å². The first-order valence-electron chi connectivity index (χ1n) is 5.87. The molecule has 0 heterocycles. The molecule has 2 rings (SSSR count). The zero-order chi connectivity index (χ0) is 13.3. The van der Waals surface area contributed by atoms with E-state index >= 15 is 0 Å². The van der Waals surface area contributed by atoms with E-state index in [2.05, 4.69) is 5.32 Å². The number of carbonyl (C=O) groups is 2. The average molecular weight is 248 g/mol. The second kappa shape index (κ2) is 4.42. The third-order valence-corrected chi connectivity index (χ3v) is 3.42. The van der Waals surface area contributed by atoms with Crippen LogP contribution in [0.15, 0.2) is 18.2 Å². The van der Waals surface area contributed by atoms with Crippen molar-refractivity contribution in [3.05, 3.63) is 29.3 Å². The van der Waals surface area contributed by atoms with Crippen molar-refractivity contribution in [1.82, 2.24) is 0 Å². The van der Waals surface area contributed by atoms with Gasteiger partial charge in [-0.15, -0.1) is 0 Å². The van der Waals surface area contributed by atoms with Crippen LogP contribution in [0, 0.1) is 6.92 Å². The lowest BCUT2D eigenvalue weighted by atomic mass is 9.77. The molecular formula is C13H16N2O3. The maximum absolute atomic E-state index is 11.9. The first kappa shape index (κ1) is 12.6. The minimum atomic E-state index is -1.00. The normalized spacial score (nSPS) is 16.8. The molecule has 0 bridgehead atoms. The van der Waals surface area contributed by atoms with Crippen LogP contribution in [0.3, 0.4) is 0 Å². The molecule has 1 saturated carbocycles. The summed E-state index contributed by atoms with van der Waals surface area (Å²) in [5.74, 6) is -1.25. The molecule has 0 saturated heterocycles. The van der Waals surface area contributed by atoms with Crippen LogP contribution >= 0.6 is 0 Å². The maximum Gasteiger partial charge on any atom is 0.336 e. The third-order valence-electron chi connectivity index (χ3n) is 3.42. The average Bonchev–Trinajstić information content (AvgIpc) is 2.28. The SMILES string of the molecule is Cc1ccc(NC(=O)C2(N)CCC2)cc1C(=O)O. The van der Waals surface area contributed by atoms with Gasteiger partial charge < -0.3 is 16.2 Å². The Morgan fingerprint density at radius 1 is 1.39 bits per heavy atom. The van der Waals surface area contributed by atoms with Crippen LogP contribution in [0.1, 0.15) is 35.2 Å². The molecule has 5 nitrogen and oxygen atoms in total. The Morgan fingerprint density at radius 2 is 2.06 bits per heavy atom. The number of carbonyl (C=O) groups excluding carboxylic acids is 1. The van der Waals surface area contributed by atoms with Crippen LogP contribution in [0.2, 0.25) is 0 Å². The Hall–Kier alpha value is -1.88. The number of benzene rings is 1. The lowest BCUT2D eigenvalue weighted by Crippen LogP contribution is -2.56. The van der Waals surface area contributed by atoms with E-state index in [1.165, 1.54) is 6.07 Å². The highest BCUT2D eigenvalue weighted by Crippen LogP contribution is 2.30. The summed E-state index contributed by atoms with van der Waals surface area (Å²) in [6, 6.07) is 4.81. The van der Waals surface area contributed by atoms with E-state index in [1.54, 1.807) is 19.1 Å². The smallest absolute Gasteiger partial charge is 0.336 e. The maximum atomic E-state index is 11.9. The number of anilines is 1. The van der Waals surface area contributed by atoms with E-state index in [9.17, 15) is 9.59 Å². The highest BCUT2D eigenvalue weighted by molar-refractivity contribution is 6.00. The first-order chi connectivity index (χ1) is 8.42. The highest BCUT2D eigenvalue weighted by atomic mass is 16.4. The molecule has 1 aliphatic carbocycles. The summed E-state index contributed by atoms with van der Waals surface area (Å²) in [4.78, 5) is 22.9. The molecule has 0 atom stereocenters. The predicted molar refractivity (Wildman–Crippen MR) is 67.5 cm³/mol. The molecule has 0 aliphatic heterocycles. The van der Waals surface area contributed by atoms with E-state index in [4.69, 9.17) is 10.8 Å². The molecule has 5 heteroatoms. The van der Waals surface area contributed by atoms with E-state index in [0.717, 1.165) is 6.42 Å². The van der Waals surface area contributed by atoms with Crippen LogP contribution in [-0.4, -0.2) is 22.5 Å². The summed E-state index contributed by atoms with van der Waals surface area (Å²) >= 11 is 0. The number of nitrogens with two attached hydrogens (primary N) is 1. The molecule has 1 aliphatic rings. The van der Waals surface area contributed by atoms with Crippen LogP contribution in [0.25, 0.3) is 0 Å². The van der Waals surface area contributed by atoms with Crippen molar-refractivity contribution >= 4 is 17.6 Å². The molecule has 1 aromatic rings. The van der Waals surface area contributed by atoms with Crippen LogP contribution in [0.5, 0.6) is 0 Å². The molecule has 96 valence electrons. The van der Waals surface area contributed by atoms with Gasteiger partial charge in [0.15, 0.2) is 0 Å². The Labute approximate surface area is 105 Å².